The number of benzene rings is 2. The van der Waals surface area contributed by atoms with Crippen molar-refractivity contribution in [3.63, 3.8) is 0 Å². The minimum atomic E-state index is -0.290. The first-order chi connectivity index (χ1) is 14.7. The third-order valence-electron chi connectivity index (χ3n) is 4.69. The number of rotatable bonds is 10. The minimum absolute atomic E-state index is 0.198. The van der Waals surface area contributed by atoms with Crippen LogP contribution < -0.4 is 10.1 Å². The topological polar surface area (TPSA) is 62.1 Å². The van der Waals surface area contributed by atoms with Crippen LogP contribution in [0.4, 0.5) is 0 Å². The van der Waals surface area contributed by atoms with Gasteiger partial charge in [-0.1, -0.05) is 80.4 Å². The van der Waals surface area contributed by atoms with Gasteiger partial charge in [0.25, 0.3) is 5.91 Å². The number of nitrogens with zero attached hydrogens (tertiary/aromatic N) is 1. The quantitative estimate of drug-likeness (QED) is 0.449. The Kier molecular flexibility index (Phi) is 8.73. The molecule has 2 aromatic carbocycles. The maximum atomic E-state index is 12.4. The van der Waals surface area contributed by atoms with Crippen LogP contribution in [0.2, 0.25) is 0 Å². The number of hydrogen-bond acceptors (Lipinski definition) is 5. The van der Waals surface area contributed by atoms with Crippen molar-refractivity contribution in [3.8, 4) is 11.8 Å². The summed E-state index contributed by atoms with van der Waals surface area (Å²) in [6.45, 7) is 2.70. The Bertz CT molecular complexity index is 905. The summed E-state index contributed by atoms with van der Waals surface area (Å²) in [6.07, 6.45) is 4.70. The molecule has 1 aliphatic heterocycles. The molecule has 0 unspecified atom stereocenters. The molecule has 0 saturated carbocycles. The van der Waals surface area contributed by atoms with Crippen LogP contribution in [0.3, 0.4) is 0 Å². The molecule has 0 bridgehead atoms. The predicted molar refractivity (Wildman–Crippen MR) is 125 cm³/mol. The molecule has 0 spiro atoms. The Hall–Kier alpha value is -2.36. The molecular formula is C24H26N2O2S2. The number of thioether (sulfide) groups is 2. The lowest BCUT2D eigenvalue weighted by molar-refractivity contribution is -0.117. The number of nitrogens with one attached hydrogen (secondary N) is 1. The van der Waals surface area contributed by atoms with Crippen molar-refractivity contribution in [1.82, 2.24) is 5.32 Å². The summed E-state index contributed by atoms with van der Waals surface area (Å²) in [5.74, 6) is 1.43. The zero-order chi connectivity index (χ0) is 21.2. The number of nitriles is 1. The van der Waals surface area contributed by atoms with E-state index in [1.807, 2.05) is 54.6 Å². The lowest BCUT2D eigenvalue weighted by Crippen LogP contribution is -2.31. The number of ether oxygens (including phenoxy) is 1. The number of hydrogen-bond donors (Lipinski definition) is 1. The highest BCUT2D eigenvalue weighted by atomic mass is 32.2. The second kappa shape index (κ2) is 11.7. The summed E-state index contributed by atoms with van der Waals surface area (Å²) in [5.41, 5.74) is 2.34. The van der Waals surface area contributed by atoms with Gasteiger partial charge in [0.1, 0.15) is 29.4 Å². The van der Waals surface area contributed by atoms with Crippen molar-refractivity contribution in [1.29, 1.82) is 5.26 Å². The van der Waals surface area contributed by atoms with E-state index >= 15 is 0 Å². The van der Waals surface area contributed by atoms with Crippen LogP contribution in [0, 0.1) is 11.3 Å². The molecule has 0 aromatic heterocycles. The molecule has 4 nitrogen and oxygen atoms in total. The van der Waals surface area contributed by atoms with Crippen molar-refractivity contribution in [2.24, 2.45) is 0 Å². The Morgan fingerprint density at radius 2 is 1.87 bits per heavy atom. The molecule has 0 aliphatic carbocycles. The third kappa shape index (κ3) is 6.32. The van der Waals surface area contributed by atoms with Crippen LogP contribution >= 0.6 is 23.5 Å². The number of carbonyl (C=O) groups is 1. The summed E-state index contributed by atoms with van der Waals surface area (Å²) in [7, 11) is 0. The summed E-state index contributed by atoms with van der Waals surface area (Å²) >= 11 is 3.17. The van der Waals surface area contributed by atoms with Crippen molar-refractivity contribution in [2.75, 3.05) is 5.75 Å². The summed E-state index contributed by atoms with van der Waals surface area (Å²) < 4.78 is 6.67. The molecule has 1 amide bonds. The van der Waals surface area contributed by atoms with Gasteiger partial charge in [0, 0.05) is 0 Å². The normalized spacial score (nSPS) is 16.1. The minimum Gasteiger partial charge on any atom is -0.489 e. The fraction of sp³-hybridized carbons (Fsp3) is 0.333. The molecule has 2 aromatic rings. The van der Waals surface area contributed by atoms with Crippen molar-refractivity contribution >= 4 is 29.4 Å². The Balaban J connectivity index is 1.60. The Morgan fingerprint density at radius 1 is 1.10 bits per heavy atom. The van der Waals surface area contributed by atoms with Gasteiger partial charge in [0.15, 0.2) is 0 Å². The standard InChI is InChI=1S/C24H26N2O2S2/c1-2-3-4-8-15-29-24-21(16-25)22(27)26-23(30-24)19-11-13-20(14-12-19)28-17-18-9-6-5-7-10-18/h5-7,9-14,23H,2-4,8,15,17H2,1H3,(H,26,27)/t23-/m0/s1. The van der Waals surface area contributed by atoms with E-state index in [9.17, 15) is 10.1 Å². The van der Waals surface area contributed by atoms with Crippen LogP contribution in [-0.4, -0.2) is 11.7 Å². The molecule has 1 N–H and O–H groups in total. The van der Waals surface area contributed by atoms with E-state index in [0.29, 0.717) is 6.61 Å². The highest BCUT2D eigenvalue weighted by Crippen LogP contribution is 2.44. The van der Waals surface area contributed by atoms with Crippen LogP contribution in [0.5, 0.6) is 5.75 Å². The first-order valence-electron chi connectivity index (χ1n) is 10.2. The van der Waals surface area contributed by atoms with Crippen LogP contribution in [0.1, 0.15) is 49.1 Å². The first kappa shape index (κ1) is 22.3. The summed E-state index contributed by atoms with van der Waals surface area (Å²) in [5, 5.41) is 12.1. The molecule has 6 heteroatoms. The largest absolute Gasteiger partial charge is 0.489 e. The lowest BCUT2D eigenvalue weighted by atomic mass is 10.2. The second-order valence-electron chi connectivity index (χ2n) is 7.00. The van der Waals surface area contributed by atoms with Crippen LogP contribution in [-0.2, 0) is 11.4 Å². The highest BCUT2D eigenvalue weighted by molar-refractivity contribution is 8.22. The van der Waals surface area contributed by atoms with Gasteiger partial charge in [-0.05, 0) is 35.4 Å². The average molecular weight is 439 g/mol. The molecule has 30 heavy (non-hydrogen) atoms. The Labute approximate surface area is 187 Å². The highest BCUT2D eigenvalue weighted by Gasteiger charge is 2.29. The van der Waals surface area contributed by atoms with Crippen molar-refractivity contribution < 1.29 is 9.53 Å². The van der Waals surface area contributed by atoms with Crippen LogP contribution in [0.15, 0.2) is 64.4 Å². The molecule has 1 heterocycles. The SMILES string of the molecule is CCCCCCSC1=C(C#N)C(=O)N[C@H](c2ccc(OCc3ccccc3)cc2)S1. The van der Waals surface area contributed by atoms with Crippen molar-refractivity contribution in [2.45, 2.75) is 44.6 Å². The van der Waals surface area contributed by atoms with Gasteiger partial charge >= 0.3 is 0 Å². The van der Waals surface area contributed by atoms with E-state index < -0.39 is 0 Å². The van der Waals surface area contributed by atoms with Gasteiger partial charge in [0.2, 0.25) is 0 Å². The van der Waals surface area contributed by atoms with E-state index in [1.54, 1.807) is 23.5 Å². The first-order valence-corrected chi connectivity index (χ1v) is 12.1. The number of unbranched alkanes of at least 4 members (excludes halogenated alkanes) is 3. The van der Waals surface area contributed by atoms with Gasteiger partial charge < -0.3 is 10.1 Å². The molecule has 1 aliphatic rings. The second-order valence-corrected chi connectivity index (χ2v) is 9.48. The molecule has 0 fully saturated rings. The summed E-state index contributed by atoms with van der Waals surface area (Å²) in [4.78, 5) is 12.4. The lowest BCUT2D eigenvalue weighted by Gasteiger charge is -2.25. The van der Waals surface area contributed by atoms with Gasteiger partial charge in [0.05, 0.1) is 4.24 Å². The number of carbonyl (C=O) groups excluding carboxylic acids is 1. The smallest absolute Gasteiger partial charge is 0.264 e. The molecular weight excluding hydrogens is 412 g/mol. The van der Waals surface area contributed by atoms with Gasteiger partial charge in [-0.2, -0.15) is 5.26 Å². The fourth-order valence-electron chi connectivity index (χ4n) is 3.01. The predicted octanol–water partition coefficient (Wildman–Crippen LogP) is 6.18. The third-order valence-corrected chi connectivity index (χ3v) is 7.34. The average Bonchev–Trinajstić information content (AvgIpc) is 2.78. The number of amides is 1. The molecule has 156 valence electrons. The van der Waals surface area contributed by atoms with Crippen LogP contribution in [0.25, 0.3) is 0 Å². The van der Waals surface area contributed by atoms with E-state index in [4.69, 9.17) is 4.74 Å². The zero-order valence-corrected chi connectivity index (χ0v) is 18.7. The molecule has 0 radical (unpaired) electrons. The van der Waals surface area contributed by atoms with Crippen molar-refractivity contribution in [3.05, 3.63) is 75.5 Å². The van der Waals surface area contributed by atoms with Gasteiger partial charge in [-0.3, -0.25) is 4.79 Å². The Morgan fingerprint density at radius 3 is 2.57 bits per heavy atom. The maximum Gasteiger partial charge on any atom is 0.264 e. The monoisotopic (exact) mass is 438 g/mol. The molecule has 0 saturated heterocycles. The molecule has 3 rings (SSSR count). The van der Waals surface area contributed by atoms with Gasteiger partial charge in [-0.15, -0.1) is 11.8 Å². The summed E-state index contributed by atoms with van der Waals surface area (Å²) in [6, 6.07) is 19.9. The van der Waals surface area contributed by atoms with Gasteiger partial charge in [-0.25, -0.2) is 0 Å². The zero-order valence-electron chi connectivity index (χ0n) is 17.1. The maximum absolute atomic E-state index is 12.4. The van der Waals surface area contributed by atoms with E-state index in [0.717, 1.165) is 33.3 Å². The van der Waals surface area contributed by atoms with E-state index in [-0.39, 0.29) is 16.9 Å². The van der Waals surface area contributed by atoms with E-state index in [2.05, 4.69) is 18.3 Å². The van der Waals surface area contributed by atoms with E-state index in [1.165, 1.54) is 19.3 Å². The fourth-order valence-corrected chi connectivity index (χ4v) is 5.56. The molecule has 1 atom stereocenters.